The molecule has 0 unspecified atom stereocenters. The Bertz CT molecular complexity index is 1150. The van der Waals surface area contributed by atoms with E-state index in [0.717, 1.165) is 5.56 Å². The number of anilines is 1. The van der Waals surface area contributed by atoms with Crippen molar-refractivity contribution in [2.75, 3.05) is 5.32 Å². The van der Waals surface area contributed by atoms with Gasteiger partial charge in [-0.1, -0.05) is 23.7 Å². The summed E-state index contributed by atoms with van der Waals surface area (Å²) in [6.07, 6.45) is 1.58. The molecule has 0 aliphatic carbocycles. The van der Waals surface area contributed by atoms with Crippen LogP contribution in [0.1, 0.15) is 32.0 Å². The summed E-state index contributed by atoms with van der Waals surface area (Å²) in [7, 11) is 0. The molecule has 0 atom stereocenters. The number of nitrogens with two attached hydrogens (primary N) is 1. The molecule has 0 fully saturated rings. The van der Waals surface area contributed by atoms with Crippen molar-refractivity contribution in [3.8, 4) is 5.82 Å². The van der Waals surface area contributed by atoms with Crippen LogP contribution in [0.4, 0.5) is 11.4 Å². The lowest BCUT2D eigenvalue weighted by atomic mass is 10.1. The van der Waals surface area contributed by atoms with Crippen LogP contribution in [0.25, 0.3) is 10.7 Å². The molecule has 28 heavy (non-hydrogen) atoms. The van der Waals surface area contributed by atoms with E-state index in [1.54, 1.807) is 25.3 Å². The second-order valence-corrected chi connectivity index (χ2v) is 6.41. The summed E-state index contributed by atoms with van der Waals surface area (Å²) >= 11 is 6.02. The molecular weight excluding hydrogens is 380 g/mol. The minimum atomic E-state index is -0.754. The van der Waals surface area contributed by atoms with Crippen LogP contribution >= 0.6 is 11.6 Å². The molecule has 0 saturated carbocycles. The van der Waals surface area contributed by atoms with Gasteiger partial charge in [0.1, 0.15) is 5.69 Å². The lowest BCUT2D eigenvalue weighted by Gasteiger charge is -2.14. The number of pyridine rings is 1. The Morgan fingerprint density at radius 1 is 1.25 bits per heavy atom. The van der Waals surface area contributed by atoms with Crippen LogP contribution in [0.15, 0.2) is 36.5 Å². The number of carbonyl (C=O) groups is 2. The molecule has 2 heterocycles. The molecule has 140 valence electrons. The van der Waals surface area contributed by atoms with Crippen LogP contribution in [-0.2, 0) is 0 Å². The van der Waals surface area contributed by atoms with E-state index < -0.39 is 11.8 Å². The number of halogens is 1. The Morgan fingerprint density at radius 3 is 2.64 bits per heavy atom. The van der Waals surface area contributed by atoms with Gasteiger partial charge in [-0.05, 0) is 37.1 Å². The first kappa shape index (κ1) is 19.1. The minimum Gasteiger partial charge on any atom is -0.366 e. The molecule has 3 rings (SSSR count). The van der Waals surface area contributed by atoms with Gasteiger partial charge in [-0.3, -0.25) is 9.59 Å². The number of aryl methyl sites for hydroxylation is 2. The fourth-order valence-corrected chi connectivity index (χ4v) is 2.92. The largest absolute Gasteiger partial charge is 0.366 e. The third-order valence-corrected chi connectivity index (χ3v) is 4.23. The standard InChI is InChI=1S/C19H15ClN6O2/c1-10-5-4-6-23-18(10)26-14(9-15(20)25-26)19(28)24-16-11(2)7-12(22-3)8-13(16)17(21)27/h4-9H,1-2H3,(H2,21,27)(H,24,28). The first-order valence-electron chi connectivity index (χ1n) is 8.12. The summed E-state index contributed by atoms with van der Waals surface area (Å²) in [6, 6.07) is 7.90. The number of benzene rings is 1. The summed E-state index contributed by atoms with van der Waals surface area (Å²) in [5.74, 6) is -0.851. The van der Waals surface area contributed by atoms with Gasteiger partial charge in [0, 0.05) is 12.3 Å². The molecule has 3 N–H and O–H groups in total. The Hall–Kier alpha value is -3.70. The molecule has 0 spiro atoms. The van der Waals surface area contributed by atoms with E-state index in [0.29, 0.717) is 11.4 Å². The highest BCUT2D eigenvalue weighted by molar-refractivity contribution is 6.30. The van der Waals surface area contributed by atoms with Crippen molar-refractivity contribution < 1.29 is 9.59 Å². The maximum Gasteiger partial charge on any atom is 0.274 e. The van der Waals surface area contributed by atoms with E-state index >= 15 is 0 Å². The van der Waals surface area contributed by atoms with Gasteiger partial charge in [0.05, 0.1) is 17.8 Å². The third kappa shape index (κ3) is 3.56. The zero-order chi connectivity index (χ0) is 20.4. The summed E-state index contributed by atoms with van der Waals surface area (Å²) in [6.45, 7) is 10.6. The molecule has 0 saturated heterocycles. The highest BCUT2D eigenvalue weighted by atomic mass is 35.5. The number of hydrogen-bond donors (Lipinski definition) is 2. The van der Waals surface area contributed by atoms with Gasteiger partial charge in [-0.15, -0.1) is 0 Å². The average Bonchev–Trinajstić information content (AvgIpc) is 3.04. The van der Waals surface area contributed by atoms with Crippen molar-refractivity contribution in [3.63, 3.8) is 0 Å². The lowest BCUT2D eigenvalue weighted by Crippen LogP contribution is -2.22. The summed E-state index contributed by atoms with van der Waals surface area (Å²) in [5, 5.41) is 6.94. The fraction of sp³-hybridized carbons (Fsp3) is 0.105. The van der Waals surface area contributed by atoms with Crippen molar-refractivity contribution in [1.29, 1.82) is 0 Å². The van der Waals surface area contributed by atoms with Gasteiger partial charge in [0.15, 0.2) is 16.7 Å². The predicted octanol–water partition coefficient (Wildman–Crippen LogP) is 3.44. The molecule has 9 heteroatoms. The maximum absolute atomic E-state index is 12.9. The first-order chi connectivity index (χ1) is 13.3. The molecule has 0 aliphatic rings. The van der Waals surface area contributed by atoms with Gasteiger partial charge < -0.3 is 11.1 Å². The topological polar surface area (TPSA) is 107 Å². The van der Waals surface area contributed by atoms with Gasteiger partial charge in [0.2, 0.25) is 5.91 Å². The lowest BCUT2D eigenvalue weighted by molar-refractivity contribution is 0.100. The number of aromatic nitrogens is 3. The number of hydrogen-bond acceptors (Lipinski definition) is 4. The summed E-state index contributed by atoms with van der Waals surface area (Å²) in [5.41, 5.74) is 7.41. The fourth-order valence-electron chi connectivity index (χ4n) is 2.74. The zero-order valence-corrected chi connectivity index (χ0v) is 15.8. The highest BCUT2D eigenvalue weighted by Gasteiger charge is 2.21. The molecule has 1 aromatic carbocycles. The van der Waals surface area contributed by atoms with Gasteiger partial charge >= 0.3 is 0 Å². The van der Waals surface area contributed by atoms with Gasteiger partial charge in [-0.25, -0.2) is 14.5 Å². The maximum atomic E-state index is 12.9. The van der Waals surface area contributed by atoms with E-state index in [4.69, 9.17) is 23.9 Å². The Morgan fingerprint density at radius 2 is 2.00 bits per heavy atom. The number of rotatable bonds is 4. The molecule has 0 radical (unpaired) electrons. The normalized spacial score (nSPS) is 10.4. The molecule has 3 aromatic rings. The van der Waals surface area contributed by atoms with Crippen LogP contribution in [0.5, 0.6) is 0 Å². The van der Waals surface area contributed by atoms with E-state index in [2.05, 4.69) is 20.2 Å². The molecule has 0 bridgehead atoms. The molecule has 0 aliphatic heterocycles. The number of nitrogens with one attached hydrogen (secondary N) is 1. The van der Waals surface area contributed by atoms with E-state index in [1.807, 2.05) is 13.0 Å². The van der Waals surface area contributed by atoms with E-state index in [-0.39, 0.29) is 27.8 Å². The Kier molecular flexibility index (Phi) is 5.11. The van der Waals surface area contributed by atoms with Gasteiger partial charge in [-0.2, -0.15) is 5.10 Å². The smallest absolute Gasteiger partial charge is 0.274 e. The summed E-state index contributed by atoms with van der Waals surface area (Å²) < 4.78 is 1.33. The molecular formula is C19H15ClN6O2. The van der Waals surface area contributed by atoms with Crippen LogP contribution in [0.2, 0.25) is 5.15 Å². The highest BCUT2D eigenvalue weighted by Crippen LogP contribution is 2.28. The van der Waals surface area contributed by atoms with E-state index in [9.17, 15) is 9.59 Å². The van der Waals surface area contributed by atoms with Crippen molar-refractivity contribution in [2.45, 2.75) is 13.8 Å². The quantitative estimate of drug-likeness (QED) is 0.661. The second-order valence-electron chi connectivity index (χ2n) is 6.02. The Balaban J connectivity index is 2.06. The third-order valence-electron chi connectivity index (χ3n) is 4.05. The average molecular weight is 395 g/mol. The zero-order valence-electron chi connectivity index (χ0n) is 15.0. The van der Waals surface area contributed by atoms with Crippen molar-refractivity contribution in [2.24, 2.45) is 5.73 Å². The SMILES string of the molecule is [C-]#[N+]c1cc(C)c(NC(=O)c2cc(Cl)nn2-c2ncccc2C)c(C(N)=O)c1. The predicted molar refractivity (Wildman–Crippen MR) is 105 cm³/mol. The van der Waals surface area contributed by atoms with E-state index in [1.165, 1.54) is 16.8 Å². The number of carbonyl (C=O) groups excluding carboxylic acids is 2. The van der Waals surface area contributed by atoms with Crippen molar-refractivity contribution in [1.82, 2.24) is 14.8 Å². The monoisotopic (exact) mass is 394 g/mol. The van der Waals surface area contributed by atoms with Crippen LogP contribution in [0, 0.1) is 20.4 Å². The van der Waals surface area contributed by atoms with Crippen LogP contribution in [0.3, 0.4) is 0 Å². The molecule has 2 aromatic heterocycles. The van der Waals surface area contributed by atoms with Crippen LogP contribution < -0.4 is 11.1 Å². The summed E-state index contributed by atoms with van der Waals surface area (Å²) in [4.78, 5) is 32.3. The number of amides is 2. The number of nitrogens with zero attached hydrogens (tertiary/aromatic N) is 4. The van der Waals surface area contributed by atoms with Crippen molar-refractivity contribution >= 4 is 34.8 Å². The van der Waals surface area contributed by atoms with Crippen LogP contribution in [-0.4, -0.2) is 26.6 Å². The minimum absolute atomic E-state index is 0.0468. The van der Waals surface area contributed by atoms with Crippen molar-refractivity contribution in [3.05, 3.63) is 75.5 Å². The molecule has 2 amide bonds. The molecule has 8 nitrogen and oxygen atoms in total. The Labute approximate surface area is 165 Å². The number of primary amides is 1. The second kappa shape index (κ2) is 7.50. The first-order valence-corrected chi connectivity index (χ1v) is 8.50. The van der Waals surface area contributed by atoms with Gasteiger partial charge in [0.25, 0.3) is 5.91 Å².